The zero-order chi connectivity index (χ0) is 30.7. The van der Waals surface area contributed by atoms with Gasteiger partial charge in [0, 0.05) is 29.2 Å². The van der Waals surface area contributed by atoms with Gasteiger partial charge in [0.15, 0.2) is 23.1 Å². The highest BCUT2D eigenvalue weighted by Gasteiger charge is 2.52. The van der Waals surface area contributed by atoms with E-state index in [0.717, 1.165) is 25.9 Å². The van der Waals surface area contributed by atoms with Crippen LogP contribution in [0.1, 0.15) is 25.7 Å². The van der Waals surface area contributed by atoms with Crippen molar-refractivity contribution in [2.24, 2.45) is 11.3 Å². The summed E-state index contributed by atoms with van der Waals surface area (Å²) >= 11 is 0. The summed E-state index contributed by atoms with van der Waals surface area (Å²) in [5.41, 5.74) is 1.11. The van der Waals surface area contributed by atoms with Crippen LogP contribution in [0.15, 0.2) is 73.2 Å². The van der Waals surface area contributed by atoms with E-state index in [2.05, 4.69) is 32.5 Å². The van der Waals surface area contributed by atoms with Crippen LogP contribution in [0.2, 0.25) is 0 Å². The van der Waals surface area contributed by atoms with Gasteiger partial charge in [-0.05, 0) is 87.2 Å². The van der Waals surface area contributed by atoms with Gasteiger partial charge in [-0.2, -0.15) is 0 Å². The van der Waals surface area contributed by atoms with E-state index in [1.807, 2.05) is 0 Å². The monoisotopic (exact) mass is 601 g/mol. The maximum atomic E-state index is 15.2. The molecule has 6 rings (SSSR count). The number of carbonyl (C=O) groups is 1. The number of rotatable bonds is 11. The minimum Gasteiger partial charge on any atom is -0.493 e. The van der Waals surface area contributed by atoms with Crippen LogP contribution >= 0.6 is 0 Å². The summed E-state index contributed by atoms with van der Waals surface area (Å²) in [5, 5.41) is 9.75. The number of nitrogens with one attached hydrogen (secondary N) is 3. The molecular formula is C33H33F2N5O4. The van der Waals surface area contributed by atoms with E-state index in [0.29, 0.717) is 59.2 Å². The number of piperidine rings is 1. The number of methoxy groups -OCH3 is 1. The molecule has 1 aromatic heterocycles. The summed E-state index contributed by atoms with van der Waals surface area (Å²) in [6, 6.07) is 13.5. The van der Waals surface area contributed by atoms with E-state index in [1.165, 1.54) is 30.6 Å². The highest BCUT2D eigenvalue weighted by atomic mass is 19.1. The van der Waals surface area contributed by atoms with Gasteiger partial charge in [-0.15, -0.1) is 0 Å². The first-order valence-corrected chi connectivity index (χ1v) is 14.5. The van der Waals surface area contributed by atoms with E-state index < -0.39 is 11.2 Å². The van der Waals surface area contributed by atoms with Gasteiger partial charge in [-0.25, -0.2) is 18.7 Å². The highest BCUT2D eigenvalue weighted by Crippen LogP contribution is 2.52. The molecule has 1 saturated carbocycles. The fourth-order valence-corrected chi connectivity index (χ4v) is 5.28. The Kier molecular flexibility index (Phi) is 8.30. The van der Waals surface area contributed by atoms with Crippen molar-refractivity contribution in [3.63, 3.8) is 0 Å². The number of halogens is 2. The zero-order valence-corrected chi connectivity index (χ0v) is 24.3. The first-order valence-electron chi connectivity index (χ1n) is 14.5. The zero-order valence-electron chi connectivity index (χ0n) is 24.3. The molecule has 0 spiro atoms. The number of amides is 1. The van der Waals surface area contributed by atoms with E-state index in [9.17, 15) is 9.18 Å². The third-order valence-corrected chi connectivity index (χ3v) is 8.12. The summed E-state index contributed by atoms with van der Waals surface area (Å²) in [7, 11) is 1.55. The Morgan fingerprint density at radius 1 is 0.977 bits per heavy atom. The molecule has 0 bridgehead atoms. The van der Waals surface area contributed by atoms with Gasteiger partial charge >= 0.3 is 0 Å². The number of fused-ring (bicyclic) bond motifs is 1. The second-order valence-corrected chi connectivity index (χ2v) is 11.1. The number of nitrogens with zero attached hydrogens (tertiary/aromatic N) is 2. The summed E-state index contributed by atoms with van der Waals surface area (Å²) in [5.74, 6) is 0.250. The summed E-state index contributed by atoms with van der Waals surface area (Å²) in [6.07, 6.45) is 4.62. The fourth-order valence-electron chi connectivity index (χ4n) is 5.28. The van der Waals surface area contributed by atoms with E-state index in [-0.39, 0.29) is 29.0 Å². The highest BCUT2D eigenvalue weighted by molar-refractivity contribution is 6.00. The molecule has 1 aliphatic carbocycles. The van der Waals surface area contributed by atoms with Crippen molar-refractivity contribution in [1.29, 1.82) is 0 Å². The van der Waals surface area contributed by atoms with Crippen LogP contribution in [0.5, 0.6) is 23.1 Å². The van der Waals surface area contributed by atoms with Gasteiger partial charge < -0.3 is 30.2 Å². The molecule has 228 valence electrons. The molecular weight excluding hydrogens is 568 g/mol. The molecule has 4 aromatic rings. The lowest BCUT2D eigenvalue weighted by Gasteiger charge is -2.23. The van der Waals surface area contributed by atoms with Crippen molar-refractivity contribution in [3.05, 3.63) is 84.8 Å². The Balaban J connectivity index is 1.14. The van der Waals surface area contributed by atoms with Crippen LogP contribution < -0.4 is 30.2 Å². The molecule has 1 aliphatic heterocycles. The van der Waals surface area contributed by atoms with Gasteiger partial charge in [0.05, 0.1) is 30.0 Å². The molecule has 2 heterocycles. The number of anilines is 2. The van der Waals surface area contributed by atoms with Gasteiger partial charge in [-0.1, -0.05) is 6.58 Å². The molecule has 2 fully saturated rings. The van der Waals surface area contributed by atoms with Crippen molar-refractivity contribution in [1.82, 2.24) is 15.3 Å². The SMILES string of the molecule is C=C(Nc1ccc(F)cc1)C1(C(=O)Nc2ccc(Oc3ncnc4cc(OCC5CCNCC5)c(OC)cc34)c(F)c2)CC1. The largest absolute Gasteiger partial charge is 0.493 e. The second-order valence-electron chi connectivity index (χ2n) is 11.1. The third kappa shape index (κ3) is 6.28. The first kappa shape index (κ1) is 29.3. The fraction of sp³-hybridized carbons (Fsp3) is 0.303. The second kappa shape index (κ2) is 12.5. The number of ether oxygens (including phenoxy) is 3. The number of hydrogen-bond donors (Lipinski definition) is 3. The molecule has 9 nitrogen and oxygen atoms in total. The Hall–Kier alpha value is -4.77. The minimum absolute atomic E-state index is 0.0725. The molecule has 44 heavy (non-hydrogen) atoms. The van der Waals surface area contributed by atoms with Crippen molar-refractivity contribution in [2.45, 2.75) is 25.7 Å². The van der Waals surface area contributed by atoms with E-state index in [1.54, 1.807) is 37.4 Å². The molecule has 1 amide bonds. The Morgan fingerprint density at radius 2 is 1.73 bits per heavy atom. The lowest BCUT2D eigenvalue weighted by Crippen LogP contribution is -2.30. The molecule has 3 aromatic carbocycles. The molecule has 0 atom stereocenters. The standard InChI is InChI=1S/C33H33F2N5O4/c1-20(39-23-5-3-22(34)4-6-23)33(11-12-33)32(41)40-24-7-8-28(26(35)15-24)44-31-25-16-29(42-2)30(17-27(25)37-19-38-31)43-18-21-9-13-36-14-10-21/h3-8,15-17,19,21,36,39H,1,9-14,18H2,2H3,(H,40,41). The molecule has 3 N–H and O–H groups in total. The Morgan fingerprint density at radius 3 is 2.43 bits per heavy atom. The van der Waals surface area contributed by atoms with Crippen molar-refractivity contribution in [3.8, 4) is 23.1 Å². The van der Waals surface area contributed by atoms with Crippen LogP contribution in [0, 0.1) is 23.0 Å². The van der Waals surface area contributed by atoms with Gasteiger partial charge in [-0.3, -0.25) is 4.79 Å². The Bertz CT molecular complexity index is 1690. The number of carbonyl (C=O) groups excluding carboxylic acids is 1. The smallest absolute Gasteiger partial charge is 0.236 e. The average Bonchev–Trinajstić information content (AvgIpc) is 3.85. The van der Waals surface area contributed by atoms with E-state index >= 15 is 4.39 Å². The van der Waals surface area contributed by atoms with Crippen molar-refractivity contribution in [2.75, 3.05) is 37.4 Å². The maximum absolute atomic E-state index is 15.2. The predicted molar refractivity (Wildman–Crippen MR) is 163 cm³/mol. The van der Waals surface area contributed by atoms with E-state index in [4.69, 9.17) is 14.2 Å². The summed E-state index contributed by atoms with van der Waals surface area (Å²) < 4.78 is 46.0. The third-order valence-electron chi connectivity index (χ3n) is 8.12. The van der Waals surface area contributed by atoms with Gasteiger partial charge in [0.25, 0.3) is 0 Å². The van der Waals surface area contributed by atoms with Crippen LogP contribution in [0.4, 0.5) is 20.2 Å². The lowest BCUT2D eigenvalue weighted by molar-refractivity contribution is -0.119. The van der Waals surface area contributed by atoms with Gasteiger partial charge in [0.2, 0.25) is 11.8 Å². The predicted octanol–water partition coefficient (Wildman–Crippen LogP) is 6.43. The molecule has 0 radical (unpaired) electrons. The summed E-state index contributed by atoms with van der Waals surface area (Å²) in [6.45, 7) is 6.57. The van der Waals surface area contributed by atoms with Gasteiger partial charge in [0.1, 0.15) is 12.1 Å². The average molecular weight is 602 g/mol. The van der Waals surface area contributed by atoms with Crippen molar-refractivity contribution >= 4 is 28.2 Å². The quantitative estimate of drug-likeness (QED) is 0.181. The summed E-state index contributed by atoms with van der Waals surface area (Å²) in [4.78, 5) is 21.8. The topological polar surface area (TPSA) is 107 Å². The van der Waals surface area contributed by atoms with Crippen LogP contribution in [-0.2, 0) is 4.79 Å². The maximum Gasteiger partial charge on any atom is 0.236 e. The van der Waals surface area contributed by atoms with Crippen LogP contribution in [0.3, 0.4) is 0 Å². The molecule has 0 unspecified atom stereocenters. The molecule has 1 saturated heterocycles. The van der Waals surface area contributed by atoms with Crippen LogP contribution in [0.25, 0.3) is 10.9 Å². The normalized spacial score (nSPS) is 15.8. The Labute approximate surface area is 253 Å². The number of aromatic nitrogens is 2. The molecule has 11 heteroatoms. The number of benzene rings is 3. The molecule has 2 aliphatic rings. The van der Waals surface area contributed by atoms with Crippen molar-refractivity contribution < 1.29 is 27.8 Å². The lowest BCUT2D eigenvalue weighted by atomic mass is 9.99. The first-order chi connectivity index (χ1) is 21.3. The van der Waals surface area contributed by atoms with Crippen LogP contribution in [-0.4, -0.2) is 42.7 Å². The minimum atomic E-state index is -0.838. The number of hydrogen-bond acceptors (Lipinski definition) is 8.